The normalized spacial score (nSPS) is 21.1. The second-order valence-corrected chi connectivity index (χ2v) is 4.80. The van der Waals surface area contributed by atoms with Crippen molar-refractivity contribution >= 4 is 12.1 Å². The first-order valence-corrected chi connectivity index (χ1v) is 6.20. The van der Waals surface area contributed by atoms with E-state index in [0.717, 1.165) is 0 Å². The third-order valence-electron chi connectivity index (χ3n) is 3.43. The lowest BCUT2D eigenvalue weighted by Gasteiger charge is -2.29. The smallest absolute Gasteiger partial charge is 0.409 e. The van der Waals surface area contributed by atoms with Gasteiger partial charge in [0, 0.05) is 13.1 Å². The predicted octanol–water partition coefficient (Wildman–Crippen LogP) is 1.42. The van der Waals surface area contributed by atoms with E-state index in [2.05, 4.69) is 0 Å². The first kappa shape index (κ1) is 12.2. The van der Waals surface area contributed by atoms with E-state index >= 15 is 0 Å². The Hall–Kier alpha value is -1.26. The van der Waals surface area contributed by atoms with Crippen molar-refractivity contribution in [1.82, 2.24) is 4.90 Å². The fraction of sp³-hybridized carbons (Fsp3) is 0.833. The number of hydrogen-bond donors (Lipinski definition) is 0. The Kier molecular flexibility index (Phi) is 3.86. The highest BCUT2D eigenvalue weighted by molar-refractivity contribution is 5.73. The molecule has 0 bridgehead atoms. The number of amides is 1. The van der Waals surface area contributed by atoms with Gasteiger partial charge in [-0.05, 0) is 31.6 Å². The molecule has 1 aliphatic carbocycles. The van der Waals surface area contributed by atoms with Gasteiger partial charge in [0.1, 0.15) is 0 Å². The summed E-state index contributed by atoms with van der Waals surface area (Å²) in [5.74, 6) is 0.357. The van der Waals surface area contributed by atoms with Gasteiger partial charge < -0.3 is 14.4 Å². The van der Waals surface area contributed by atoms with Crippen molar-refractivity contribution in [1.29, 1.82) is 0 Å². The van der Waals surface area contributed by atoms with Crippen molar-refractivity contribution in [3.05, 3.63) is 0 Å². The molecule has 17 heavy (non-hydrogen) atoms. The first-order chi connectivity index (χ1) is 8.20. The van der Waals surface area contributed by atoms with Crippen molar-refractivity contribution in [3.63, 3.8) is 0 Å². The number of carbonyl (C=O) groups excluding carboxylic acids is 2. The van der Waals surface area contributed by atoms with Crippen LogP contribution in [0.5, 0.6) is 0 Å². The molecule has 0 aromatic rings. The van der Waals surface area contributed by atoms with Crippen LogP contribution in [0.3, 0.4) is 0 Å². The Balaban J connectivity index is 1.69. The molecule has 0 spiro atoms. The topological polar surface area (TPSA) is 55.8 Å². The van der Waals surface area contributed by atoms with Gasteiger partial charge in [-0.2, -0.15) is 0 Å². The monoisotopic (exact) mass is 241 g/mol. The highest BCUT2D eigenvalue weighted by Crippen LogP contribution is 2.29. The molecule has 0 unspecified atom stereocenters. The van der Waals surface area contributed by atoms with E-state index in [9.17, 15) is 9.59 Å². The molecule has 1 heterocycles. The van der Waals surface area contributed by atoms with Gasteiger partial charge in [-0.1, -0.05) is 0 Å². The molecule has 5 nitrogen and oxygen atoms in total. The van der Waals surface area contributed by atoms with E-state index in [0.29, 0.717) is 38.5 Å². The molecule has 2 fully saturated rings. The SMILES string of the molecule is COC(=O)C1CCN(C(=O)OCC2CC2)CC1. The zero-order chi connectivity index (χ0) is 12.3. The van der Waals surface area contributed by atoms with Gasteiger partial charge >= 0.3 is 12.1 Å². The first-order valence-electron chi connectivity index (χ1n) is 6.20. The minimum Gasteiger partial charge on any atom is -0.469 e. The van der Waals surface area contributed by atoms with Gasteiger partial charge in [0.05, 0.1) is 19.6 Å². The molecule has 1 aliphatic heterocycles. The average molecular weight is 241 g/mol. The molecule has 0 aromatic heterocycles. The molecule has 1 saturated heterocycles. The summed E-state index contributed by atoms with van der Waals surface area (Å²) in [6.07, 6.45) is 3.46. The van der Waals surface area contributed by atoms with E-state index in [1.54, 1.807) is 4.90 Å². The van der Waals surface area contributed by atoms with Crippen molar-refractivity contribution < 1.29 is 19.1 Å². The van der Waals surface area contributed by atoms with Gasteiger partial charge in [-0.15, -0.1) is 0 Å². The number of ether oxygens (including phenoxy) is 2. The Labute approximate surface area is 101 Å². The summed E-state index contributed by atoms with van der Waals surface area (Å²) in [6, 6.07) is 0. The summed E-state index contributed by atoms with van der Waals surface area (Å²) in [5.41, 5.74) is 0. The number of rotatable bonds is 3. The summed E-state index contributed by atoms with van der Waals surface area (Å²) in [4.78, 5) is 24.7. The molecule has 2 aliphatic rings. The third-order valence-corrected chi connectivity index (χ3v) is 3.43. The van der Waals surface area contributed by atoms with Gasteiger partial charge in [0.15, 0.2) is 0 Å². The van der Waals surface area contributed by atoms with Crippen molar-refractivity contribution in [2.75, 3.05) is 26.8 Å². The number of piperidine rings is 1. The van der Waals surface area contributed by atoms with Crippen LogP contribution in [0.25, 0.3) is 0 Å². The Morgan fingerprint density at radius 1 is 1.18 bits per heavy atom. The van der Waals surface area contributed by atoms with Crippen molar-refractivity contribution in [2.24, 2.45) is 11.8 Å². The summed E-state index contributed by atoms with van der Waals surface area (Å²) in [7, 11) is 1.40. The number of esters is 1. The lowest BCUT2D eigenvalue weighted by molar-refractivity contribution is -0.146. The average Bonchev–Trinajstić information content (AvgIpc) is 3.19. The largest absolute Gasteiger partial charge is 0.469 e. The molecule has 2 rings (SSSR count). The highest BCUT2D eigenvalue weighted by atomic mass is 16.6. The Morgan fingerprint density at radius 2 is 1.82 bits per heavy atom. The summed E-state index contributed by atoms with van der Waals surface area (Å²) < 4.78 is 9.90. The van der Waals surface area contributed by atoms with Crippen LogP contribution in [0.4, 0.5) is 4.79 Å². The second kappa shape index (κ2) is 5.38. The van der Waals surface area contributed by atoms with Gasteiger partial charge in [-0.25, -0.2) is 4.79 Å². The minimum atomic E-state index is -0.236. The van der Waals surface area contributed by atoms with Crippen LogP contribution in [-0.4, -0.2) is 43.8 Å². The van der Waals surface area contributed by atoms with Crippen LogP contribution in [0.2, 0.25) is 0 Å². The highest BCUT2D eigenvalue weighted by Gasteiger charge is 2.29. The lowest BCUT2D eigenvalue weighted by atomic mass is 9.97. The van der Waals surface area contributed by atoms with Crippen LogP contribution >= 0.6 is 0 Å². The van der Waals surface area contributed by atoms with Gasteiger partial charge in [-0.3, -0.25) is 4.79 Å². The van der Waals surface area contributed by atoms with E-state index in [-0.39, 0.29) is 18.0 Å². The maximum Gasteiger partial charge on any atom is 0.409 e. The molecule has 0 N–H and O–H groups in total. The molecule has 0 radical (unpaired) electrons. The van der Waals surface area contributed by atoms with Crippen molar-refractivity contribution in [3.8, 4) is 0 Å². The van der Waals surface area contributed by atoms with E-state index in [4.69, 9.17) is 9.47 Å². The quantitative estimate of drug-likeness (QED) is 0.701. The summed E-state index contributed by atoms with van der Waals surface area (Å²) in [5, 5.41) is 0. The van der Waals surface area contributed by atoms with E-state index in [1.165, 1.54) is 20.0 Å². The zero-order valence-corrected chi connectivity index (χ0v) is 10.2. The van der Waals surface area contributed by atoms with Gasteiger partial charge in [0.25, 0.3) is 0 Å². The van der Waals surface area contributed by atoms with Gasteiger partial charge in [0.2, 0.25) is 0 Å². The molecule has 0 aromatic carbocycles. The number of nitrogens with zero attached hydrogens (tertiary/aromatic N) is 1. The van der Waals surface area contributed by atoms with Crippen molar-refractivity contribution in [2.45, 2.75) is 25.7 Å². The van der Waals surface area contributed by atoms with Crippen LogP contribution < -0.4 is 0 Å². The molecule has 1 saturated carbocycles. The third kappa shape index (κ3) is 3.35. The van der Waals surface area contributed by atoms with Crippen LogP contribution in [-0.2, 0) is 14.3 Å². The molecule has 5 heteroatoms. The Morgan fingerprint density at radius 3 is 2.35 bits per heavy atom. The molecule has 96 valence electrons. The van der Waals surface area contributed by atoms with Crippen LogP contribution in [0.1, 0.15) is 25.7 Å². The Bertz CT molecular complexity index is 293. The molecular weight excluding hydrogens is 222 g/mol. The minimum absolute atomic E-state index is 0.0625. The number of likely N-dealkylation sites (tertiary alicyclic amines) is 1. The summed E-state index contributed by atoms with van der Waals surface area (Å²) in [6.45, 7) is 1.72. The number of carbonyl (C=O) groups is 2. The van der Waals surface area contributed by atoms with E-state index < -0.39 is 0 Å². The van der Waals surface area contributed by atoms with E-state index in [1.807, 2.05) is 0 Å². The maximum atomic E-state index is 11.7. The standard InChI is InChI=1S/C12H19NO4/c1-16-11(14)10-4-6-13(7-5-10)12(15)17-8-9-2-3-9/h9-10H,2-8H2,1H3. The fourth-order valence-corrected chi connectivity index (χ4v) is 2.03. The summed E-state index contributed by atoms with van der Waals surface area (Å²) >= 11 is 0. The molecule has 1 amide bonds. The second-order valence-electron chi connectivity index (χ2n) is 4.80. The van der Waals surface area contributed by atoms with Crippen LogP contribution in [0.15, 0.2) is 0 Å². The fourth-order valence-electron chi connectivity index (χ4n) is 2.03. The van der Waals surface area contributed by atoms with Crippen LogP contribution in [0, 0.1) is 11.8 Å². The number of hydrogen-bond acceptors (Lipinski definition) is 4. The maximum absolute atomic E-state index is 11.7. The number of methoxy groups -OCH3 is 1. The zero-order valence-electron chi connectivity index (χ0n) is 10.2. The lowest BCUT2D eigenvalue weighted by Crippen LogP contribution is -2.41. The predicted molar refractivity (Wildman–Crippen MR) is 60.4 cm³/mol. The molecular formula is C12H19NO4. The molecule has 0 atom stereocenters.